The van der Waals surface area contributed by atoms with Gasteiger partial charge in [0, 0.05) is 31.3 Å². The molecule has 2 heterocycles. The van der Waals surface area contributed by atoms with E-state index in [9.17, 15) is 14.9 Å². The fourth-order valence-electron chi connectivity index (χ4n) is 3.25. The number of ether oxygens (including phenoxy) is 1. The minimum atomic E-state index is -0.889. The summed E-state index contributed by atoms with van der Waals surface area (Å²) in [6, 6.07) is 12.2. The van der Waals surface area contributed by atoms with Crippen LogP contribution in [-0.2, 0) is 9.53 Å². The maximum atomic E-state index is 11.4. The van der Waals surface area contributed by atoms with Crippen LogP contribution in [0.4, 0.5) is 11.5 Å². The summed E-state index contributed by atoms with van der Waals surface area (Å²) in [6.07, 6.45) is -0.171. The van der Waals surface area contributed by atoms with Gasteiger partial charge in [-0.1, -0.05) is 30.3 Å². The molecule has 28 heavy (non-hydrogen) atoms. The number of morpholine rings is 1. The molecule has 2 aromatic rings. The van der Waals surface area contributed by atoms with E-state index in [1.807, 2.05) is 23.1 Å². The van der Waals surface area contributed by atoms with Crippen LogP contribution >= 0.6 is 0 Å². The fourth-order valence-corrected chi connectivity index (χ4v) is 3.25. The molecule has 1 aromatic carbocycles. The van der Waals surface area contributed by atoms with Gasteiger partial charge in [0.1, 0.15) is 5.82 Å². The summed E-state index contributed by atoms with van der Waals surface area (Å²) < 4.78 is 5.75. The lowest BCUT2D eigenvalue weighted by molar-refractivity contribution is -0.384. The Morgan fingerprint density at radius 1 is 1.36 bits per heavy atom. The molecule has 9 nitrogen and oxygen atoms in total. The molecule has 1 aliphatic rings. The number of likely N-dealkylation sites (N-methyl/N-ethyl adjacent to an activating group) is 1. The molecular formula is C19H22N4O5. The van der Waals surface area contributed by atoms with Crippen molar-refractivity contribution in [2.24, 2.45) is 0 Å². The van der Waals surface area contributed by atoms with Crippen LogP contribution in [0.15, 0.2) is 42.5 Å². The van der Waals surface area contributed by atoms with E-state index in [0.29, 0.717) is 43.3 Å². The summed E-state index contributed by atoms with van der Waals surface area (Å²) in [7, 11) is 1.73. The van der Waals surface area contributed by atoms with E-state index in [2.05, 4.69) is 4.98 Å². The quantitative estimate of drug-likeness (QED) is 0.567. The van der Waals surface area contributed by atoms with E-state index in [1.54, 1.807) is 30.1 Å². The summed E-state index contributed by atoms with van der Waals surface area (Å²) in [6.45, 7) is 2.03. The summed E-state index contributed by atoms with van der Waals surface area (Å²) >= 11 is 0. The number of nitro groups is 1. The minimum absolute atomic E-state index is 0.0408. The normalized spacial score (nSPS) is 16.9. The number of nitrogens with zero attached hydrogens (tertiary/aromatic N) is 4. The molecular weight excluding hydrogens is 364 g/mol. The van der Waals surface area contributed by atoms with Crippen molar-refractivity contribution in [3.05, 3.63) is 52.6 Å². The molecule has 148 valence electrons. The Morgan fingerprint density at radius 2 is 2.11 bits per heavy atom. The molecule has 9 heteroatoms. The minimum Gasteiger partial charge on any atom is -0.480 e. The van der Waals surface area contributed by atoms with Crippen LogP contribution in [0.2, 0.25) is 0 Å². The first-order valence-electron chi connectivity index (χ1n) is 8.92. The van der Waals surface area contributed by atoms with Crippen molar-refractivity contribution in [3.8, 4) is 11.3 Å². The molecule has 1 unspecified atom stereocenters. The van der Waals surface area contributed by atoms with Gasteiger partial charge >= 0.3 is 5.97 Å². The first-order chi connectivity index (χ1) is 13.4. The molecule has 0 spiro atoms. The Hall–Kier alpha value is -3.04. The highest BCUT2D eigenvalue weighted by molar-refractivity contribution is 5.71. The van der Waals surface area contributed by atoms with Gasteiger partial charge in [0.2, 0.25) is 0 Å². The molecule has 1 atom stereocenters. The van der Waals surface area contributed by atoms with Crippen molar-refractivity contribution in [1.29, 1.82) is 0 Å². The largest absolute Gasteiger partial charge is 0.480 e. The van der Waals surface area contributed by atoms with Gasteiger partial charge in [-0.25, -0.2) is 4.98 Å². The molecule has 1 saturated heterocycles. The van der Waals surface area contributed by atoms with Crippen LogP contribution in [0.5, 0.6) is 0 Å². The molecule has 1 aliphatic heterocycles. The number of carbonyl (C=O) groups is 1. The second kappa shape index (κ2) is 8.77. The number of anilines is 1. The van der Waals surface area contributed by atoms with Crippen molar-refractivity contribution >= 4 is 17.5 Å². The zero-order valence-corrected chi connectivity index (χ0v) is 15.5. The molecule has 1 aromatic heterocycles. The number of pyridine rings is 1. The maximum absolute atomic E-state index is 11.4. The zero-order chi connectivity index (χ0) is 20.1. The second-order valence-electron chi connectivity index (χ2n) is 6.69. The number of carboxylic acids is 1. The SMILES string of the molecule is CN(CC(=O)O)CC1CN(c2ccc([N+](=O)[O-])c(-c3ccccc3)n2)CCO1. The van der Waals surface area contributed by atoms with E-state index in [1.165, 1.54) is 6.07 Å². The van der Waals surface area contributed by atoms with Crippen LogP contribution in [0.1, 0.15) is 0 Å². The van der Waals surface area contributed by atoms with Crippen LogP contribution < -0.4 is 4.90 Å². The summed E-state index contributed by atoms with van der Waals surface area (Å²) in [5, 5.41) is 20.3. The first kappa shape index (κ1) is 19.7. The lowest BCUT2D eigenvalue weighted by Crippen LogP contribution is -2.48. The number of hydrogen-bond donors (Lipinski definition) is 1. The molecule has 1 N–H and O–H groups in total. The van der Waals surface area contributed by atoms with E-state index in [-0.39, 0.29) is 18.3 Å². The Labute approximate surface area is 162 Å². The summed E-state index contributed by atoms with van der Waals surface area (Å²) in [4.78, 5) is 30.1. The number of aliphatic carboxylic acids is 1. The van der Waals surface area contributed by atoms with Crippen molar-refractivity contribution in [3.63, 3.8) is 0 Å². The zero-order valence-electron chi connectivity index (χ0n) is 15.5. The lowest BCUT2D eigenvalue weighted by atomic mass is 10.1. The molecule has 0 saturated carbocycles. The van der Waals surface area contributed by atoms with Crippen molar-refractivity contribution in [2.75, 3.05) is 44.7 Å². The third kappa shape index (κ3) is 4.81. The van der Waals surface area contributed by atoms with Crippen LogP contribution in [0.25, 0.3) is 11.3 Å². The standard InChI is InChI=1S/C19H22N4O5/c1-21(13-18(24)25)11-15-12-22(9-10-28-15)17-8-7-16(23(26)27)19(20-17)14-5-3-2-4-6-14/h2-8,15H,9-13H2,1H3,(H,24,25). The number of benzene rings is 1. The predicted molar refractivity (Wildman–Crippen MR) is 103 cm³/mol. The van der Waals surface area contributed by atoms with Crippen molar-refractivity contribution in [2.45, 2.75) is 6.10 Å². The van der Waals surface area contributed by atoms with Gasteiger partial charge in [-0.2, -0.15) is 0 Å². The summed E-state index contributed by atoms with van der Waals surface area (Å²) in [5.41, 5.74) is 0.970. The summed E-state index contributed by atoms with van der Waals surface area (Å²) in [5.74, 6) is -0.252. The third-order valence-electron chi connectivity index (χ3n) is 4.49. The average molecular weight is 386 g/mol. The first-order valence-corrected chi connectivity index (χ1v) is 8.92. The monoisotopic (exact) mass is 386 g/mol. The highest BCUT2D eigenvalue weighted by Gasteiger charge is 2.25. The highest BCUT2D eigenvalue weighted by Crippen LogP contribution is 2.30. The third-order valence-corrected chi connectivity index (χ3v) is 4.49. The van der Waals surface area contributed by atoms with Crippen molar-refractivity contribution < 1.29 is 19.6 Å². The molecule has 1 fully saturated rings. The molecule has 0 bridgehead atoms. The Balaban J connectivity index is 1.81. The van der Waals surface area contributed by atoms with Crippen molar-refractivity contribution in [1.82, 2.24) is 9.88 Å². The molecule has 0 radical (unpaired) electrons. The number of hydrogen-bond acceptors (Lipinski definition) is 7. The second-order valence-corrected chi connectivity index (χ2v) is 6.69. The fraction of sp³-hybridized carbons (Fsp3) is 0.368. The number of rotatable bonds is 7. The Bertz CT molecular complexity index is 845. The van der Waals surface area contributed by atoms with Crippen LogP contribution in [0, 0.1) is 10.1 Å². The van der Waals surface area contributed by atoms with E-state index in [0.717, 1.165) is 0 Å². The van der Waals surface area contributed by atoms with Crippen LogP contribution in [0.3, 0.4) is 0 Å². The van der Waals surface area contributed by atoms with Gasteiger partial charge in [0.15, 0.2) is 5.69 Å². The molecule has 0 aliphatic carbocycles. The Morgan fingerprint density at radius 3 is 2.79 bits per heavy atom. The smallest absolute Gasteiger partial charge is 0.317 e. The number of aromatic nitrogens is 1. The Kier molecular flexibility index (Phi) is 6.17. The topological polar surface area (TPSA) is 109 Å². The molecule has 3 rings (SSSR count). The highest BCUT2D eigenvalue weighted by atomic mass is 16.6. The van der Waals surface area contributed by atoms with E-state index < -0.39 is 10.9 Å². The van der Waals surface area contributed by atoms with Gasteiger partial charge in [0.25, 0.3) is 5.69 Å². The van der Waals surface area contributed by atoms with Crippen LogP contribution in [-0.4, -0.2) is 71.8 Å². The predicted octanol–water partition coefficient (Wildman–Crippen LogP) is 1.88. The average Bonchev–Trinajstić information content (AvgIpc) is 2.67. The van der Waals surface area contributed by atoms with E-state index in [4.69, 9.17) is 9.84 Å². The molecule has 0 amide bonds. The number of carboxylic acid groups (broad SMARTS) is 1. The van der Waals surface area contributed by atoms with Gasteiger partial charge in [-0.05, 0) is 13.1 Å². The van der Waals surface area contributed by atoms with Gasteiger partial charge in [0.05, 0.1) is 24.2 Å². The van der Waals surface area contributed by atoms with Gasteiger partial charge in [-0.3, -0.25) is 19.8 Å². The van der Waals surface area contributed by atoms with Gasteiger partial charge in [-0.15, -0.1) is 0 Å². The van der Waals surface area contributed by atoms with E-state index >= 15 is 0 Å². The maximum Gasteiger partial charge on any atom is 0.317 e. The van der Waals surface area contributed by atoms with Gasteiger partial charge < -0.3 is 14.7 Å². The lowest BCUT2D eigenvalue weighted by Gasteiger charge is -2.35.